The fourth-order valence-corrected chi connectivity index (χ4v) is 1.38. The molecule has 0 aliphatic rings. The highest BCUT2D eigenvalue weighted by molar-refractivity contribution is 5.96. The number of nitrogens with zero attached hydrogens (tertiary/aromatic N) is 2. The summed E-state index contributed by atoms with van der Waals surface area (Å²) in [6, 6.07) is 10.7. The Morgan fingerprint density at radius 1 is 1.50 bits per heavy atom. The number of hydrogen-bond donors (Lipinski definition) is 1. The molecule has 84 valence electrons. The van der Waals surface area contributed by atoms with E-state index < -0.39 is 6.04 Å². The highest BCUT2D eigenvalue weighted by Gasteiger charge is 2.18. The highest BCUT2D eigenvalue weighted by Crippen LogP contribution is 2.14. The van der Waals surface area contributed by atoms with Crippen LogP contribution in [0.1, 0.15) is 13.3 Å². The molecule has 0 aliphatic heterocycles. The largest absolute Gasteiger partial charge is 0.320 e. The number of carbonyl (C=O) groups excluding carboxylic acids is 1. The predicted octanol–water partition coefficient (Wildman–Crippen LogP) is 1.28. The molecular formula is C12H15N3O. The number of anilines is 1. The van der Waals surface area contributed by atoms with Crippen LogP contribution >= 0.6 is 0 Å². The predicted molar refractivity (Wildman–Crippen MR) is 62.7 cm³/mol. The van der Waals surface area contributed by atoms with Crippen molar-refractivity contribution < 1.29 is 4.79 Å². The van der Waals surface area contributed by atoms with Gasteiger partial charge in [-0.3, -0.25) is 4.79 Å². The molecule has 1 rings (SSSR count). The van der Waals surface area contributed by atoms with Crippen molar-refractivity contribution >= 4 is 11.6 Å². The van der Waals surface area contributed by atoms with Crippen LogP contribution in [0.25, 0.3) is 0 Å². The third-order valence-electron chi connectivity index (χ3n) is 2.17. The second-order valence-electron chi connectivity index (χ2n) is 3.52. The van der Waals surface area contributed by atoms with E-state index in [0.29, 0.717) is 13.0 Å². The van der Waals surface area contributed by atoms with Gasteiger partial charge in [0.2, 0.25) is 5.91 Å². The first-order valence-electron chi connectivity index (χ1n) is 5.15. The zero-order valence-corrected chi connectivity index (χ0v) is 9.26. The maximum absolute atomic E-state index is 11.8. The van der Waals surface area contributed by atoms with Crippen LogP contribution in [-0.2, 0) is 4.79 Å². The second-order valence-corrected chi connectivity index (χ2v) is 3.52. The van der Waals surface area contributed by atoms with Gasteiger partial charge in [-0.15, -0.1) is 0 Å². The lowest BCUT2D eigenvalue weighted by Gasteiger charge is -2.23. The van der Waals surface area contributed by atoms with Gasteiger partial charge >= 0.3 is 0 Å². The van der Waals surface area contributed by atoms with Crippen molar-refractivity contribution in [2.75, 3.05) is 11.4 Å². The smallest absolute Gasteiger partial charge is 0.243 e. The van der Waals surface area contributed by atoms with Crippen LogP contribution in [0.2, 0.25) is 0 Å². The number of amides is 1. The molecule has 0 bridgehead atoms. The molecule has 1 aromatic carbocycles. The molecule has 0 radical (unpaired) electrons. The van der Waals surface area contributed by atoms with Crippen LogP contribution in [0.4, 0.5) is 5.69 Å². The summed E-state index contributed by atoms with van der Waals surface area (Å²) in [4.78, 5) is 13.4. The summed E-state index contributed by atoms with van der Waals surface area (Å²) in [5.74, 6) is -0.165. The fourth-order valence-electron chi connectivity index (χ4n) is 1.38. The fraction of sp³-hybridized carbons (Fsp3) is 0.333. The zero-order chi connectivity index (χ0) is 12.0. The number of nitrogens with two attached hydrogens (primary N) is 1. The minimum absolute atomic E-state index is 0.165. The lowest BCUT2D eigenvalue weighted by atomic mass is 10.2. The van der Waals surface area contributed by atoms with Gasteiger partial charge in [0, 0.05) is 12.2 Å². The van der Waals surface area contributed by atoms with E-state index in [4.69, 9.17) is 11.0 Å². The van der Waals surface area contributed by atoms with E-state index in [0.717, 1.165) is 5.69 Å². The molecule has 2 N–H and O–H groups in total. The lowest BCUT2D eigenvalue weighted by Crippen LogP contribution is -2.42. The molecule has 0 spiro atoms. The van der Waals surface area contributed by atoms with Crippen LogP contribution in [0.15, 0.2) is 30.3 Å². The van der Waals surface area contributed by atoms with Crippen LogP contribution in [0.3, 0.4) is 0 Å². The SMILES string of the molecule is CC(N)C(=O)N(CCC#N)c1ccccc1. The van der Waals surface area contributed by atoms with E-state index in [1.807, 2.05) is 36.4 Å². The normalized spacial score (nSPS) is 11.6. The summed E-state index contributed by atoms with van der Waals surface area (Å²) < 4.78 is 0. The van der Waals surface area contributed by atoms with Crippen LogP contribution < -0.4 is 10.6 Å². The van der Waals surface area contributed by atoms with E-state index in [-0.39, 0.29) is 5.91 Å². The maximum atomic E-state index is 11.8. The van der Waals surface area contributed by atoms with Crippen molar-refractivity contribution in [2.24, 2.45) is 5.73 Å². The lowest BCUT2D eigenvalue weighted by molar-refractivity contribution is -0.119. The molecule has 0 fully saturated rings. The van der Waals surface area contributed by atoms with Crippen molar-refractivity contribution in [1.29, 1.82) is 5.26 Å². The number of para-hydroxylation sites is 1. The maximum Gasteiger partial charge on any atom is 0.243 e. The molecule has 0 heterocycles. The molecular weight excluding hydrogens is 202 g/mol. The molecule has 0 aromatic heterocycles. The molecule has 0 saturated carbocycles. The van der Waals surface area contributed by atoms with Crippen molar-refractivity contribution in [2.45, 2.75) is 19.4 Å². The Labute approximate surface area is 95.3 Å². The van der Waals surface area contributed by atoms with Crippen LogP contribution in [0.5, 0.6) is 0 Å². The average Bonchev–Trinajstić information content (AvgIpc) is 2.30. The monoisotopic (exact) mass is 217 g/mol. The standard InChI is InChI=1S/C12H15N3O/c1-10(14)12(16)15(9-5-8-13)11-6-3-2-4-7-11/h2-4,6-7,10H,5,9,14H2,1H3. The van der Waals surface area contributed by atoms with Crippen LogP contribution in [0, 0.1) is 11.3 Å². The van der Waals surface area contributed by atoms with E-state index in [9.17, 15) is 4.79 Å². The minimum atomic E-state index is -0.557. The number of carbonyl (C=O) groups is 1. The van der Waals surface area contributed by atoms with Crippen molar-refractivity contribution in [3.05, 3.63) is 30.3 Å². The van der Waals surface area contributed by atoms with Gasteiger partial charge in [-0.25, -0.2) is 0 Å². The Morgan fingerprint density at radius 2 is 2.12 bits per heavy atom. The van der Waals surface area contributed by atoms with Gasteiger partial charge < -0.3 is 10.6 Å². The first-order chi connectivity index (χ1) is 7.66. The Kier molecular flexibility index (Phi) is 4.49. The third kappa shape index (κ3) is 3.07. The van der Waals surface area contributed by atoms with Crippen LogP contribution in [-0.4, -0.2) is 18.5 Å². The second kappa shape index (κ2) is 5.89. The average molecular weight is 217 g/mol. The van der Waals surface area contributed by atoms with E-state index >= 15 is 0 Å². The Balaban J connectivity index is 2.88. The molecule has 1 amide bonds. The molecule has 0 aliphatic carbocycles. The first kappa shape index (κ1) is 12.2. The highest BCUT2D eigenvalue weighted by atomic mass is 16.2. The molecule has 4 heteroatoms. The number of rotatable bonds is 4. The molecule has 0 saturated heterocycles. The molecule has 1 unspecified atom stereocenters. The number of nitriles is 1. The first-order valence-corrected chi connectivity index (χ1v) is 5.15. The molecule has 4 nitrogen and oxygen atoms in total. The van der Waals surface area contributed by atoms with Gasteiger partial charge in [0.15, 0.2) is 0 Å². The number of benzene rings is 1. The van der Waals surface area contributed by atoms with Gasteiger partial charge in [0.1, 0.15) is 0 Å². The topological polar surface area (TPSA) is 70.1 Å². The molecule has 16 heavy (non-hydrogen) atoms. The van der Waals surface area contributed by atoms with E-state index in [1.165, 1.54) is 0 Å². The Hall–Kier alpha value is -1.86. The summed E-state index contributed by atoms with van der Waals surface area (Å²) in [6.45, 7) is 2.02. The van der Waals surface area contributed by atoms with Gasteiger partial charge in [-0.1, -0.05) is 18.2 Å². The van der Waals surface area contributed by atoms with Crippen molar-refractivity contribution in [1.82, 2.24) is 0 Å². The summed E-state index contributed by atoms with van der Waals surface area (Å²) in [5.41, 5.74) is 6.35. The van der Waals surface area contributed by atoms with E-state index in [1.54, 1.807) is 11.8 Å². The number of hydrogen-bond acceptors (Lipinski definition) is 3. The molecule has 1 aromatic rings. The summed E-state index contributed by atoms with van der Waals surface area (Å²) in [5, 5.41) is 8.56. The van der Waals surface area contributed by atoms with E-state index in [2.05, 4.69) is 0 Å². The minimum Gasteiger partial charge on any atom is -0.320 e. The third-order valence-corrected chi connectivity index (χ3v) is 2.17. The summed E-state index contributed by atoms with van der Waals surface area (Å²) in [6.07, 6.45) is 0.299. The zero-order valence-electron chi connectivity index (χ0n) is 9.26. The Morgan fingerprint density at radius 3 is 2.62 bits per heavy atom. The quantitative estimate of drug-likeness (QED) is 0.825. The van der Waals surface area contributed by atoms with Crippen molar-refractivity contribution in [3.8, 4) is 6.07 Å². The van der Waals surface area contributed by atoms with Crippen molar-refractivity contribution in [3.63, 3.8) is 0 Å². The van der Waals surface area contributed by atoms with Gasteiger partial charge in [0.05, 0.1) is 18.5 Å². The molecule has 1 atom stereocenters. The van der Waals surface area contributed by atoms with Gasteiger partial charge in [0.25, 0.3) is 0 Å². The Bertz CT molecular complexity index is 381. The summed E-state index contributed by atoms with van der Waals surface area (Å²) >= 11 is 0. The van der Waals surface area contributed by atoms with Gasteiger partial charge in [-0.05, 0) is 19.1 Å². The summed E-state index contributed by atoms with van der Waals surface area (Å²) in [7, 11) is 0. The van der Waals surface area contributed by atoms with Gasteiger partial charge in [-0.2, -0.15) is 5.26 Å².